The normalized spacial score (nSPS) is 13.5. The molecule has 0 aliphatic carbocycles. The average molecular weight is 380 g/mol. The minimum absolute atomic E-state index is 0.0234. The lowest BCUT2D eigenvalue weighted by atomic mass is 10.1. The molecule has 0 saturated carbocycles. The minimum Gasteiger partial charge on any atom is -0.397 e. The zero-order chi connectivity index (χ0) is 18.8. The van der Waals surface area contributed by atoms with Crippen molar-refractivity contribution < 1.29 is 14.0 Å². The van der Waals surface area contributed by atoms with Gasteiger partial charge in [0.2, 0.25) is 11.7 Å². The van der Waals surface area contributed by atoms with E-state index in [1.54, 1.807) is 6.92 Å². The number of anilines is 1. The lowest BCUT2D eigenvalue weighted by Gasteiger charge is -2.12. The van der Waals surface area contributed by atoms with E-state index in [0.29, 0.717) is 16.1 Å². The first-order valence-electron chi connectivity index (χ1n) is 7.59. The van der Waals surface area contributed by atoms with Gasteiger partial charge in [-0.05, 0) is 24.6 Å². The Bertz CT molecular complexity index is 973. The highest BCUT2D eigenvalue weighted by atomic mass is 35.5. The molecule has 2 atom stereocenters. The molecule has 0 radical (unpaired) electrons. The summed E-state index contributed by atoms with van der Waals surface area (Å²) >= 11 is 5.77. The molecule has 0 saturated heterocycles. The van der Waals surface area contributed by atoms with Crippen molar-refractivity contribution in [2.75, 3.05) is 5.73 Å². The fourth-order valence-corrected chi connectivity index (χ4v) is 2.38. The quantitative estimate of drug-likeness (QED) is 0.695. The maximum absolute atomic E-state index is 14.5. The van der Waals surface area contributed by atoms with Crippen molar-refractivity contribution in [3.63, 3.8) is 0 Å². The van der Waals surface area contributed by atoms with E-state index in [2.05, 4.69) is 15.2 Å². The van der Waals surface area contributed by atoms with Gasteiger partial charge in [-0.3, -0.25) is 4.79 Å². The Labute approximate surface area is 152 Å². The molecule has 0 aliphatic rings. The molecule has 1 aromatic carbocycles. The maximum Gasteiger partial charge on any atom is 0.272 e. The number of hydrogen-bond acceptors (Lipinski definition) is 7. The van der Waals surface area contributed by atoms with Gasteiger partial charge >= 0.3 is 0 Å². The smallest absolute Gasteiger partial charge is 0.272 e. The molecule has 0 unspecified atom stereocenters. The molecule has 0 amide bonds. The van der Waals surface area contributed by atoms with Gasteiger partial charge in [0.05, 0.1) is 11.9 Å². The molecule has 136 valence electrons. The summed E-state index contributed by atoms with van der Waals surface area (Å²) in [6.07, 6.45) is -2.07. The second-order valence-corrected chi connectivity index (χ2v) is 6.07. The zero-order valence-corrected chi connectivity index (χ0v) is 14.4. The van der Waals surface area contributed by atoms with Crippen LogP contribution in [0, 0.1) is 6.92 Å². The first kappa shape index (κ1) is 18.0. The predicted molar refractivity (Wildman–Crippen MR) is 91.3 cm³/mol. The fraction of sp³-hybridized carbons (Fsp3) is 0.250. The van der Waals surface area contributed by atoms with Crippen LogP contribution in [0.25, 0.3) is 0 Å². The van der Waals surface area contributed by atoms with Crippen LogP contribution in [0.5, 0.6) is 0 Å². The third-order valence-electron chi connectivity index (χ3n) is 3.83. The molecule has 3 aromatic rings. The van der Waals surface area contributed by atoms with Crippen molar-refractivity contribution in [3.8, 4) is 0 Å². The van der Waals surface area contributed by atoms with Gasteiger partial charge in [-0.2, -0.15) is 10.1 Å². The Morgan fingerprint density at radius 1 is 1.38 bits per heavy atom. The number of benzene rings is 1. The van der Waals surface area contributed by atoms with Crippen LogP contribution in [0.4, 0.5) is 10.1 Å². The Balaban J connectivity index is 1.78. The van der Waals surface area contributed by atoms with E-state index in [0.717, 1.165) is 4.68 Å². The van der Waals surface area contributed by atoms with E-state index in [1.165, 1.54) is 30.5 Å². The highest BCUT2D eigenvalue weighted by molar-refractivity contribution is 6.30. The number of aliphatic hydroxyl groups is 1. The SMILES string of the molecule is Cc1c(N)cnn(Cc2nc([C@H](F)[C@@H](O)c3ccc(Cl)cc3)no2)c1=O. The summed E-state index contributed by atoms with van der Waals surface area (Å²) in [5.74, 6) is -0.354. The number of nitrogen functional groups attached to an aromatic ring is 1. The number of nitrogens with zero attached hydrogens (tertiary/aromatic N) is 4. The van der Waals surface area contributed by atoms with Gasteiger partial charge < -0.3 is 15.4 Å². The molecule has 0 spiro atoms. The standard InChI is InChI=1S/C16H15ClFN5O3/c1-8-11(19)6-20-23(16(8)25)7-12-21-15(22-26-12)13(18)14(24)9-2-4-10(17)5-3-9/h2-6,13-14,24H,7,19H2,1H3/t13-,14+/m1/s1. The van der Waals surface area contributed by atoms with Crippen LogP contribution in [0.2, 0.25) is 5.02 Å². The van der Waals surface area contributed by atoms with Crippen molar-refractivity contribution in [2.45, 2.75) is 25.7 Å². The Hall–Kier alpha value is -2.78. The summed E-state index contributed by atoms with van der Waals surface area (Å²) in [6, 6.07) is 6.08. The summed E-state index contributed by atoms with van der Waals surface area (Å²) in [4.78, 5) is 16.0. The predicted octanol–water partition coefficient (Wildman–Crippen LogP) is 1.96. The summed E-state index contributed by atoms with van der Waals surface area (Å²) in [7, 11) is 0. The van der Waals surface area contributed by atoms with E-state index in [9.17, 15) is 14.3 Å². The number of nitrogens with two attached hydrogens (primary N) is 1. The summed E-state index contributed by atoms with van der Waals surface area (Å²) in [5, 5.41) is 18.0. The van der Waals surface area contributed by atoms with Crippen LogP contribution in [-0.2, 0) is 6.54 Å². The van der Waals surface area contributed by atoms with Gasteiger partial charge in [0.15, 0.2) is 6.17 Å². The van der Waals surface area contributed by atoms with Crippen LogP contribution >= 0.6 is 11.6 Å². The Kier molecular flexibility index (Phi) is 5.01. The molecule has 0 fully saturated rings. The molecule has 2 heterocycles. The van der Waals surface area contributed by atoms with E-state index >= 15 is 0 Å². The third-order valence-corrected chi connectivity index (χ3v) is 4.08. The first-order chi connectivity index (χ1) is 12.4. The van der Waals surface area contributed by atoms with Crippen molar-refractivity contribution >= 4 is 17.3 Å². The lowest BCUT2D eigenvalue weighted by molar-refractivity contribution is 0.0708. The highest BCUT2D eigenvalue weighted by Crippen LogP contribution is 2.31. The van der Waals surface area contributed by atoms with Crippen LogP contribution in [0.1, 0.15) is 35.1 Å². The molecule has 3 N–H and O–H groups in total. The lowest BCUT2D eigenvalue weighted by Crippen LogP contribution is -2.26. The van der Waals surface area contributed by atoms with E-state index in [1.807, 2.05) is 0 Å². The minimum atomic E-state index is -1.91. The van der Waals surface area contributed by atoms with Crippen LogP contribution in [-0.4, -0.2) is 25.0 Å². The largest absolute Gasteiger partial charge is 0.397 e. The van der Waals surface area contributed by atoms with Gasteiger partial charge in [-0.1, -0.05) is 28.9 Å². The number of alkyl halides is 1. The number of rotatable bonds is 5. The number of aliphatic hydroxyl groups excluding tert-OH is 1. The molecule has 0 bridgehead atoms. The molecule has 26 heavy (non-hydrogen) atoms. The summed E-state index contributed by atoms with van der Waals surface area (Å²) in [5.41, 5.74) is 6.12. The van der Waals surface area contributed by atoms with Crippen LogP contribution in [0.15, 0.2) is 39.8 Å². The van der Waals surface area contributed by atoms with Crippen LogP contribution in [0.3, 0.4) is 0 Å². The van der Waals surface area contributed by atoms with Crippen molar-refractivity contribution in [3.05, 3.63) is 68.7 Å². The summed E-state index contributed by atoms with van der Waals surface area (Å²) < 4.78 is 20.5. The van der Waals surface area contributed by atoms with E-state index < -0.39 is 17.8 Å². The molecular weight excluding hydrogens is 365 g/mol. The number of halogens is 2. The Morgan fingerprint density at radius 3 is 2.77 bits per heavy atom. The monoisotopic (exact) mass is 379 g/mol. The van der Waals surface area contributed by atoms with Crippen molar-refractivity contribution in [1.82, 2.24) is 19.9 Å². The second kappa shape index (κ2) is 7.22. The molecule has 0 aliphatic heterocycles. The van der Waals surface area contributed by atoms with Gasteiger partial charge in [0, 0.05) is 10.6 Å². The Morgan fingerprint density at radius 2 is 2.08 bits per heavy atom. The van der Waals surface area contributed by atoms with Gasteiger partial charge in [-0.15, -0.1) is 0 Å². The van der Waals surface area contributed by atoms with Gasteiger partial charge in [0.1, 0.15) is 12.6 Å². The number of aromatic nitrogens is 4. The van der Waals surface area contributed by atoms with Gasteiger partial charge in [-0.25, -0.2) is 9.07 Å². The average Bonchev–Trinajstić information content (AvgIpc) is 3.10. The number of hydrogen-bond donors (Lipinski definition) is 2. The topological polar surface area (TPSA) is 120 Å². The van der Waals surface area contributed by atoms with E-state index in [-0.39, 0.29) is 23.9 Å². The zero-order valence-electron chi connectivity index (χ0n) is 13.6. The van der Waals surface area contributed by atoms with Gasteiger partial charge in [0.25, 0.3) is 5.56 Å². The van der Waals surface area contributed by atoms with E-state index in [4.69, 9.17) is 21.9 Å². The molecule has 3 rings (SSSR count). The maximum atomic E-state index is 14.5. The molecule has 10 heteroatoms. The van der Waals surface area contributed by atoms with Crippen molar-refractivity contribution in [2.24, 2.45) is 0 Å². The van der Waals surface area contributed by atoms with Crippen molar-refractivity contribution in [1.29, 1.82) is 0 Å². The summed E-state index contributed by atoms with van der Waals surface area (Å²) in [6.45, 7) is 1.42. The highest BCUT2D eigenvalue weighted by Gasteiger charge is 2.27. The van der Waals surface area contributed by atoms with Crippen LogP contribution < -0.4 is 11.3 Å². The third kappa shape index (κ3) is 3.58. The fourth-order valence-electron chi connectivity index (χ4n) is 2.25. The second-order valence-electron chi connectivity index (χ2n) is 5.63. The first-order valence-corrected chi connectivity index (χ1v) is 7.97. The molecule has 2 aromatic heterocycles. The molecule has 8 nitrogen and oxygen atoms in total. The molecular formula is C16H15ClFN5O3.